The molecule has 0 spiro atoms. The highest BCUT2D eigenvalue weighted by molar-refractivity contribution is 7.86. The molecule has 1 fully saturated rings. The highest BCUT2D eigenvalue weighted by Crippen LogP contribution is 2.26. The van der Waals surface area contributed by atoms with Crippen LogP contribution in [-0.2, 0) is 38.1 Å². The van der Waals surface area contributed by atoms with Crippen LogP contribution in [0.3, 0.4) is 0 Å². The van der Waals surface area contributed by atoms with Crippen LogP contribution in [-0.4, -0.2) is 56.7 Å². The average molecular weight is 388 g/mol. The van der Waals surface area contributed by atoms with Gasteiger partial charge < -0.3 is 19.3 Å². The molecular weight excluding hydrogens is 368 g/mol. The van der Waals surface area contributed by atoms with E-state index in [1.54, 1.807) is 19.1 Å². The van der Waals surface area contributed by atoms with Crippen molar-refractivity contribution in [2.75, 3.05) is 6.61 Å². The van der Waals surface area contributed by atoms with Gasteiger partial charge in [-0.2, -0.15) is 8.42 Å². The lowest BCUT2D eigenvalue weighted by molar-refractivity contribution is -0.260. The summed E-state index contributed by atoms with van der Waals surface area (Å²) in [6.07, 6.45) is -5.69. The number of hydrogen-bond donors (Lipinski definition) is 1. The number of carbonyl (C=O) groups is 2. The maximum absolute atomic E-state index is 12.5. The third-order valence-electron chi connectivity index (χ3n) is 3.57. The van der Waals surface area contributed by atoms with E-state index in [-0.39, 0.29) is 11.5 Å². The van der Waals surface area contributed by atoms with Gasteiger partial charge in [0, 0.05) is 13.8 Å². The molecule has 2 rings (SSSR count). The molecule has 1 heterocycles. The first-order valence-electron chi connectivity index (χ1n) is 7.74. The first-order chi connectivity index (χ1) is 12.1. The Morgan fingerprint density at radius 2 is 1.62 bits per heavy atom. The fourth-order valence-electron chi connectivity index (χ4n) is 2.41. The van der Waals surface area contributed by atoms with Gasteiger partial charge in [-0.3, -0.25) is 13.8 Å². The first-order valence-corrected chi connectivity index (χ1v) is 9.15. The number of benzene rings is 1. The summed E-state index contributed by atoms with van der Waals surface area (Å²) in [5.41, 5.74) is 0.862. The van der Waals surface area contributed by atoms with Crippen LogP contribution in [0, 0.1) is 6.92 Å². The monoisotopic (exact) mass is 388 g/mol. The average Bonchev–Trinajstić information content (AvgIpc) is 2.53. The standard InChI is InChI=1S/C16H20O9S/c1-9-4-6-12(7-5-9)26(20,21)25-13-8-22-16(19)15(24-11(3)18)14(13)23-10(2)17/h4-7,13-16,19H,8H2,1-3H3/t13-,14-,15+,16-/m0/s1. The van der Waals surface area contributed by atoms with E-state index in [9.17, 15) is 23.1 Å². The second kappa shape index (κ2) is 8.12. The molecule has 4 atom stereocenters. The minimum Gasteiger partial charge on any atom is -0.455 e. The molecule has 0 aromatic heterocycles. The molecule has 0 saturated carbocycles. The number of carbonyl (C=O) groups excluding carboxylic acids is 2. The normalized spacial score (nSPS) is 26.2. The summed E-state index contributed by atoms with van der Waals surface area (Å²) in [7, 11) is -4.21. The van der Waals surface area contributed by atoms with Crippen molar-refractivity contribution in [1.29, 1.82) is 0 Å². The van der Waals surface area contributed by atoms with Gasteiger partial charge in [0.2, 0.25) is 0 Å². The van der Waals surface area contributed by atoms with E-state index >= 15 is 0 Å². The second-order valence-electron chi connectivity index (χ2n) is 5.77. The molecule has 1 saturated heterocycles. The first kappa shape index (κ1) is 20.3. The summed E-state index contributed by atoms with van der Waals surface area (Å²) in [4.78, 5) is 22.5. The van der Waals surface area contributed by atoms with Crippen molar-refractivity contribution in [2.45, 2.75) is 50.3 Å². The summed E-state index contributed by atoms with van der Waals surface area (Å²) in [6, 6.07) is 5.94. The Morgan fingerprint density at radius 1 is 1.08 bits per heavy atom. The van der Waals surface area contributed by atoms with Crippen molar-refractivity contribution in [3.63, 3.8) is 0 Å². The van der Waals surface area contributed by atoms with Crippen molar-refractivity contribution >= 4 is 22.1 Å². The zero-order valence-corrected chi connectivity index (χ0v) is 15.3. The minimum atomic E-state index is -4.21. The summed E-state index contributed by atoms with van der Waals surface area (Å²) in [6.45, 7) is 3.60. The van der Waals surface area contributed by atoms with Gasteiger partial charge in [0.15, 0.2) is 18.5 Å². The van der Waals surface area contributed by atoms with Gasteiger partial charge in [-0.05, 0) is 19.1 Å². The maximum atomic E-state index is 12.5. The molecule has 9 nitrogen and oxygen atoms in total. The fourth-order valence-corrected chi connectivity index (χ4v) is 3.49. The van der Waals surface area contributed by atoms with Crippen LogP contribution in [0.5, 0.6) is 0 Å². The molecule has 1 aliphatic rings. The van der Waals surface area contributed by atoms with Crippen LogP contribution in [0.2, 0.25) is 0 Å². The Balaban J connectivity index is 2.28. The zero-order chi connectivity index (χ0) is 19.5. The molecule has 0 amide bonds. The zero-order valence-electron chi connectivity index (χ0n) is 14.4. The van der Waals surface area contributed by atoms with Crippen LogP contribution >= 0.6 is 0 Å². The van der Waals surface area contributed by atoms with Crippen molar-refractivity contribution < 1.29 is 41.5 Å². The molecule has 0 aliphatic carbocycles. The molecule has 1 N–H and O–H groups in total. The molecule has 26 heavy (non-hydrogen) atoms. The number of aliphatic hydroxyl groups is 1. The van der Waals surface area contributed by atoms with Crippen molar-refractivity contribution in [3.8, 4) is 0 Å². The summed E-state index contributed by atoms with van der Waals surface area (Å²) in [5.74, 6) is -1.53. The SMILES string of the molecule is CC(=O)O[C@@H]1[C@@H](OC(C)=O)[C@@H](O)OC[C@@H]1OS(=O)(=O)c1ccc(C)cc1. The van der Waals surface area contributed by atoms with E-state index in [0.717, 1.165) is 19.4 Å². The van der Waals surface area contributed by atoms with Crippen molar-refractivity contribution in [2.24, 2.45) is 0 Å². The van der Waals surface area contributed by atoms with Crippen molar-refractivity contribution in [3.05, 3.63) is 29.8 Å². The molecule has 10 heteroatoms. The van der Waals surface area contributed by atoms with E-state index in [4.69, 9.17) is 18.4 Å². The minimum absolute atomic E-state index is 0.0974. The predicted octanol–water partition coefficient (Wildman–Crippen LogP) is 0.281. The number of esters is 2. The highest BCUT2D eigenvalue weighted by atomic mass is 32.2. The van der Waals surface area contributed by atoms with E-state index in [1.807, 2.05) is 0 Å². The Morgan fingerprint density at radius 3 is 2.15 bits per heavy atom. The number of hydrogen-bond acceptors (Lipinski definition) is 9. The smallest absolute Gasteiger partial charge is 0.303 e. The Bertz CT molecular complexity index is 756. The molecule has 144 valence electrons. The molecular formula is C16H20O9S. The summed E-state index contributed by atoms with van der Waals surface area (Å²) >= 11 is 0. The number of rotatable bonds is 5. The number of aliphatic hydroxyl groups excluding tert-OH is 1. The largest absolute Gasteiger partial charge is 0.455 e. The van der Waals surface area contributed by atoms with E-state index in [2.05, 4.69) is 0 Å². The Labute approximate surface area is 150 Å². The van der Waals surface area contributed by atoms with Crippen LogP contribution in [0.15, 0.2) is 29.2 Å². The fraction of sp³-hybridized carbons (Fsp3) is 0.500. The lowest BCUT2D eigenvalue weighted by Crippen LogP contribution is -2.57. The number of aryl methyl sites for hydroxylation is 1. The van der Waals surface area contributed by atoms with Gasteiger partial charge in [-0.1, -0.05) is 17.7 Å². The topological polar surface area (TPSA) is 125 Å². The molecule has 1 aromatic rings. The van der Waals surface area contributed by atoms with Gasteiger partial charge in [0.25, 0.3) is 10.1 Å². The predicted molar refractivity (Wildman–Crippen MR) is 86.3 cm³/mol. The van der Waals surface area contributed by atoms with Crippen LogP contribution in [0.25, 0.3) is 0 Å². The molecule has 0 radical (unpaired) electrons. The van der Waals surface area contributed by atoms with E-state index in [0.29, 0.717) is 0 Å². The molecule has 0 unspecified atom stereocenters. The van der Waals surface area contributed by atoms with Gasteiger partial charge in [-0.15, -0.1) is 0 Å². The van der Waals surface area contributed by atoms with Gasteiger partial charge in [-0.25, -0.2) is 0 Å². The third-order valence-corrected chi connectivity index (χ3v) is 4.92. The summed E-state index contributed by atoms with van der Waals surface area (Å²) < 4.78 is 45.1. The maximum Gasteiger partial charge on any atom is 0.303 e. The van der Waals surface area contributed by atoms with E-state index in [1.165, 1.54) is 12.1 Å². The third kappa shape index (κ3) is 5.01. The van der Waals surface area contributed by atoms with Gasteiger partial charge >= 0.3 is 11.9 Å². The molecule has 1 aliphatic heterocycles. The molecule has 1 aromatic carbocycles. The molecule has 0 bridgehead atoms. The van der Waals surface area contributed by atoms with Gasteiger partial charge in [0.05, 0.1) is 11.5 Å². The van der Waals surface area contributed by atoms with E-state index < -0.39 is 46.7 Å². The Kier molecular flexibility index (Phi) is 6.34. The van der Waals surface area contributed by atoms with Crippen molar-refractivity contribution in [1.82, 2.24) is 0 Å². The lowest BCUT2D eigenvalue weighted by atomic mass is 10.1. The van der Waals surface area contributed by atoms with Gasteiger partial charge in [0.1, 0.15) is 6.10 Å². The Hall–Kier alpha value is -2.01. The quantitative estimate of drug-likeness (QED) is 0.559. The van der Waals surface area contributed by atoms with Crippen LogP contribution in [0.4, 0.5) is 0 Å². The van der Waals surface area contributed by atoms with Crippen LogP contribution < -0.4 is 0 Å². The highest BCUT2D eigenvalue weighted by Gasteiger charge is 2.47. The number of ether oxygens (including phenoxy) is 3. The van der Waals surface area contributed by atoms with Crippen LogP contribution in [0.1, 0.15) is 19.4 Å². The second-order valence-corrected chi connectivity index (χ2v) is 7.35. The summed E-state index contributed by atoms with van der Waals surface area (Å²) in [5, 5.41) is 9.87. The lowest BCUT2D eigenvalue weighted by Gasteiger charge is -2.38.